The lowest BCUT2D eigenvalue weighted by Crippen LogP contribution is -2.52. The fourth-order valence-electron chi connectivity index (χ4n) is 5.66. The number of halogens is 1. The maximum atomic E-state index is 13.6. The maximum absolute atomic E-state index is 13.6. The van der Waals surface area contributed by atoms with Crippen molar-refractivity contribution in [2.75, 3.05) is 7.11 Å². The van der Waals surface area contributed by atoms with Gasteiger partial charge >= 0.3 is 0 Å². The van der Waals surface area contributed by atoms with Crippen molar-refractivity contribution in [1.82, 2.24) is 0 Å². The molecule has 0 amide bonds. The van der Waals surface area contributed by atoms with Crippen LogP contribution >= 0.6 is 12.4 Å². The fraction of sp³-hybridized carbons (Fsp3) is 0.444. The second-order valence-corrected chi connectivity index (χ2v) is 10.1. The summed E-state index contributed by atoms with van der Waals surface area (Å²) in [7, 11) is 1.34. The molecule has 0 radical (unpaired) electrons. The third-order valence-corrected chi connectivity index (χ3v) is 7.80. The summed E-state index contributed by atoms with van der Waals surface area (Å²) in [4.78, 5) is 39.6. The van der Waals surface area contributed by atoms with Crippen LogP contribution < -0.4 is 10.5 Å². The van der Waals surface area contributed by atoms with Crippen LogP contribution in [0.4, 0.5) is 0 Å². The number of ether oxygens (including phenoxy) is 3. The first-order valence-electron chi connectivity index (χ1n) is 12.2. The molecular formula is C27H30ClNO10. The third kappa shape index (κ3) is 4.39. The lowest BCUT2D eigenvalue weighted by molar-refractivity contribution is -0.247. The number of phenolic OH excluding ortho intramolecular Hbond substituents is 2. The summed E-state index contributed by atoms with van der Waals surface area (Å²) in [5.41, 5.74) is 2.97. The minimum atomic E-state index is -2.00. The smallest absolute Gasteiger partial charge is 0.202 e. The molecule has 1 aliphatic heterocycles. The molecule has 11 nitrogen and oxygen atoms in total. The summed E-state index contributed by atoms with van der Waals surface area (Å²) < 4.78 is 17.1. The number of aliphatic hydroxyl groups excluding tert-OH is 1. The van der Waals surface area contributed by atoms with Crippen molar-refractivity contribution in [3.63, 3.8) is 0 Å². The molecular weight excluding hydrogens is 534 g/mol. The number of ketones is 3. The number of aliphatic hydroxyl groups is 2. The van der Waals surface area contributed by atoms with Gasteiger partial charge in [0.05, 0.1) is 42.1 Å². The SMILES string of the molecule is COc1cccc2c1C(=O)c1c(O)c3c(c(O)c1C2=O)C[C@](O)(C(C)=O)CC3OC1CC(N)C(O)C(C)O1.Cl. The van der Waals surface area contributed by atoms with E-state index in [0.717, 1.165) is 0 Å². The van der Waals surface area contributed by atoms with Crippen molar-refractivity contribution >= 4 is 29.8 Å². The van der Waals surface area contributed by atoms with Crippen molar-refractivity contribution < 1.29 is 49.0 Å². The van der Waals surface area contributed by atoms with Gasteiger partial charge in [-0.15, -0.1) is 12.4 Å². The summed E-state index contributed by atoms with van der Waals surface area (Å²) in [5.74, 6) is -3.18. The van der Waals surface area contributed by atoms with E-state index in [1.165, 1.54) is 32.2 Å². The molecule has 5 unspecified atom stereocenters. The first kappa shape index (κ1) is 28.9. The fourth-order valence-corrected chi connectivity index (χ4v) is 5.66. The molecule has 2 aromatic rings. The predicted molar refractivity (Wildman–Crippen MR) is 138 cm³/mol. The second-order valence-electron chi connectivity index (χ2n) is 10.1. The van der Waals surface area contributed by atoms with Gasteiger partial charge in [0.25, 0.3) is 0 Å². The Morgan fingerprint density at radius 3 is 2.41 bits per heavy atom. The van der Waals surface area contributed by atoms with Gasteiger partial charge in [0, 0.05) is 42.0 Å². The standard InChI is InChI=1S/C27H29NO10.ClH/c1-10-22(30)14(28)7-17(37-10)38-16-9-27(35,11(2)29)8-13-19(16)26(34)21-20(24(13)32)23(31)12-5-4-6-15(36-3)18(12)25(21)33;/h4-6,10,14,16-17,22,30,32,34-35H,7-9,28H2,1-3H3;1H/t10?,14?,16?,17?,22?,27-;/m1./s1. The maximum Gasteiger partial charge on any atom is 0.202 e. The molecule has 0 aromatic heterocycles. The number of fused-ring (bicyclic) bond motifs is 3. The molecule has 39 heavy (non-hydrogen) atoms. The first-order chi connectivity index (χ1) is 17.9. The highest BCUT2D eigenvalue weighted by atomic mass is 35.5. The average Bonchev–Trinajstić information content (AvgIpc) is 2.87. The van der Waals surface area contributed by atoms with Crippen LogP contribution in [0.5, 0.6) is 17.2 Å². The van der Waals surface area contributed by atoms with E-state index in [4.69, 9.17) is 19.9 Å². The number of benzene rings is 2. The zero-order chi connectivity index (χ0) is 27.7. The van der Waals surface area contributed by atoms with Crippen molar-refractivity contribution in [1.29, 1.82) is 0 Å². The van der Waals surface area contributed by atoms with Crippen LogP contribution in [0.3, 0.4) is 0 Å². The van der Waals surface area contributed by atoms with Gasteiger partial charge in [-0.2, -0.15) is 0 Å². The average molecular weight is 564 g/mol. The molecule has 12 heteroatoms. The minimum absolute atomic E-state index is 0. The van der Waals surface area contributed by atoms with E-state index in [1.807, 2.05) is 0 Å². The predicted octanol–water partition coefficient (Wildman–Crippen LogP) is 1.45. The van der Waals surface area contributed by atoms with Gasteiger partial charge in [-0.25, -0.2) is 0 Å². The van der Waals surface area contributed by atoms with Crippen molar-refractivity contribution in [3.05, 3.63) is 51.6 Å². The Morgan fingerprint density at radius 1 is 1.13 bits per heavy atom. The Labute approximate surface area is 229 Å². The van der Waals surface area contributed by atoms with Crippen LogP contribution in [0.1, 0.15) is 75.8 Å². The van der Waals surface area contributed by atoms with Gasteiger partial charge in [-0.3, -0.25) is 14.4 Å². The molecule has 0 bridgehead atoms. The highest BCUT2D eigenvalue weighted by Crippen LogP contribution is 2.52. The van der Waals surface area contributed by atoms with Crippen LogP contribution in [-0.4, -0.2) is 75.0 Å². The van der Waals surface area contributed by atoms with Crippen LogP contribution in [0.25, 0.3) is 0 Å². The largest absolute Gasteiger partial charge is 0.507 e. The summed E-state index contributed by atoms with van der Waals surface area (Å²) in [6.07, 6.45) is -4.53. The van der Waals surface area contributed by atoms with Crippen LogP contribution in [0, 0.1) is 0 Å². The highest BCUT2D eigenvalue weighted by molar-refractivity contribution is 6.31. The summed E-state index contributed by atoms with van der Waals surface area (Å²) in [6, 6.07) is 3.75. The Kier molecular flexibility index (Phi) is 7.54. The van der Waals surface area contributed by atoms with Crippen LogP contribution in [-0.2, 0) is 20.7 Å². The number of aromatic hydroxyl groups is 2. The van der Waals surface area contributed by atoms with Gasteiger partial charge in [0.15, 0.2) is 17.9 Å². The number of hydrogen-bond donors (Lipinski definition) is 5. The van der Waals surface area contributed by atoms with E-state index < -0.39 is 82.6 Å². The number of phenols is 2. The molecule has 1 heterocycles. The Morgan fingerprint density at radius 2 is 1.79 bits per heavy atom. The molecule has 3 aliphatic rings. The van der Waals surface area contributed by atoms with Crippen molar-refractivity contribution in [3.8, 4) is 17.2 Å². The number of Topliss-reactive ketones (excluding diaryl/α,β-unsaturated/α-hetero) is 1. The van der Waals surface area contributed by atoms with Gasteiger partial charge < -0.3 is 40.4 Å². The minimum Gasteiger partial charge on any atom is -0.507 e. The molecule has 0 spiro atoms. The second kappa shape index (κ2) is 10.2. The number of carbonyl (C=O) groups excluding carboxylic acids is 3. The van der Waals surface area contributed by atoms with E-state index >= 15 is 0 Å². The number of rotatable bonds is 4. The highest BCUT2D eigenvalue weighted by Gasteiger charge is 2.49. The monoisotopic (exact) mass is 563 g/mol. The van der Waals surface area contributed by atoms with Crippen LogP contribution in [0.15, 0.2) is 18.2 Å². The zero-order valence-electron chi connectivity index (χ0n) is 21.5. The summed E-state index contributed by atoms with van der Waals surface area (Å²) >= 11 is 0. The molecule has 6 atom stereocenters. The Balaban J connectivity index is 0.00000353. The van der Waals surface area contributed by atoms with Gasteiger partial charge in [0.2, 0.25) is 5.78 Å². The number of nitrogens with two attached hydrogens (primary N) is 1. The van der Waals surface area contributed by atoms with Gasteiger partial charge in [-0.1, -0.05) is 12.1 Å². The molecule has 2 aromatic carbocycles. The number of methoxy groups -OCH3 is 1. The molecule has 1 saturated heterocycles. The third-order valence-electron chi connectivity index (χ3n) is 7.80. The van der Waals surface area contributed by atoms with Gasteiger partial charge in [0.1, 0.15) is 22.8 Å². The van der Waals surface area contributed by atoms with E-state index in [-0.39, 0.29) is 53.3 Å². The summed E-state index contributed by atoms with van der Waals surface area (Å²) in [6.45, 7) is 2.79. The summed E-state index contributed by atoms with van der Waals surface area (Å²) in [5, 5.41) is 44.1. The topological polar surface area (TPSA) is 186 Å². The molecule has 210 valence electrons. The molecule has 0 saturated carbocycles. The molecule has 2 aliphatic carbocycles. The quantitative estimate of drug-likeness (QED) is 0.289. The molecule has 5 rings (SSSR count). The Bertz CT molecular complexity index is 1370. The van der Waals surface area contributed by atoms with Crippen LogP contribution in [0.2, 0.25) is 0 Å². The number of carbonyl (C=O) groups is 3. The zero-order valence-corrected chi connectivity index (χ0v) is 22.3. The normalized spacial score (nSPS) is 29.5. The van der Waals surface area contributed by atoms with E-state index in [2.05, 4.69) is 0 Å². The van der Waals surface area contributed by atoms with E-state index in [0.29, 0.717) is 0 Å². The van der Waals surface area contributed by atoms with Crippen molar-refractivity contribution in [2.45, 2.75) is 69.4 Å². The van der Waals surface area contributed by atoms with E-state index in [1.54, 1.807) is 6.92 Å². The lowest BCUT2D eigenvalue weighted by Gasteiger charge is -2.42. The first-order valence-corrected chi connectivity index (χ1v) is 12.2. The lowest BCUT2D eigenvalue weighted by atomic mass is 9.72. The van der Waals surface area contributed by atoms with Gasteiger partial charge in [-0.05, 0) is 19.9 Å². The van der Waals surface area contributed by atoms with E-state index in [9.17, 15) is 34.8 Å². The molecule has 6 N–H and O–H groups in total. The number of hydrogen-bond acceptors (Lipinski definition) is 11. The Hall–Kier alpha value is -3.06. The van der Waals surface area contributed by atoms with Crippen molar-refractivity contribution in [2.24, 2.45) is 5.73 Å². The molecule has 1 fully saturated rings.